The predicted octanol–water partition coefficient (Wildman–Crippen LogP) is 9.22. The summed E-state index contributed by atoms with van der Waals surface area (Å²) < 4.78 is 2.20. The van der Waals surface area contributed by atoms with Crippen molar-refractivity contribution < 1.29 is 0 Å². The second kappa shape index (κ2) is 8.44. The molecule has 0 saturated heterocycles. The van der Waals surface area contributed by atoms with Gasteiger partial charge in [-0.3, -0.25) is 4.40 Å². The first-order chi connectivity index (χ1) is 20.3. The summed E-state index contributed by atoms with van der Waals surface area (Å²) >= 11 is 0. The average molecular weight is 523 g/mol. The molecule has 3 aromatic heterocycles. The summed E-state index contributed by atoms with van der Waals surface area (Å²) in [6, 6.07) is 44.5. The largest absolute Gasteiger partial charge is 0.299 e. The second-order valence-electron chi connectivity index (χ2n) is 10.5. The molecule has 4 nitrogen and oxygen atoms in total. The summed E-state index contributed by atoms with van der Waals surface area (Å²) in [7, 11) is 0. The van der Waals surface area contributed by atoms with Crippen LogP contribution < -0.4 is 0 Å². The van der Waals surface area contributed by atoms with Crippen LogP contribution in [0.3, 0.4) is 0 Å². The number of para-hydroxylation sites is 1. The van der Waals surface area contributed by atoms with Crippen LogP contribution in [0.5, 0.6) is 0 Å². The summed E-state index contributed by atoms with van der Waals surface area (Å²) in [5.41, 5.74) is 7.03. The number of nitrogens with zero attached hydrogens (tertiary/aromatic N) is 4. The molecule has 3 heterocycles. The number of fused-ring (bicyclic) bond motifs is 11. The Hall–Kier alpha value is -5.61. The van der Waals surface area contributed by atoms with E-state index in [4.69, 9.17) is 15.0 Å². The first kappa shape index (κ1) is 22.2. The molecule has 4 heteroatoms. The van der Waals surface area contributed by atoms with Crippen molar-refractivity contribution in [2.24, 2.45) is 0 Å². The zero-order valence-electron chi connectivity index (χ0n) is 22.0. The van der Waals surface area contributed by atoms with Gasteiger partial charge in [-0.2, -0.15) is 0 Å². The second-order valence-corrected chi connectivity index (χ2v) is 10.5. The van der Waals surface area contributed by atoms with Gasteiger partial charge in [-0.25, -0.2) is 15.0 Å². The van der Waals surface area contributed by atoms with Gasteiger partial charge in [0.25, 0.3) is 0 Å². The Bertz CT molecular complexity index is 2470. The summed E-state index contributed by atoms with van der Waals surface area (Å²) in [5, 5.41) is 8.17. The van der Waals surface area contributed by atoms with E-state index in [9.17, 15) is 0 Å². The fourth-order valence-electron chi connectivity index (χ4n) is 6.32. The van der Waals surface area contributed by atoms with Gasteiger partial charge in [0.15, 0.2) is 5.82 Å². The molecule has 0 amide bonds. The molecule has 0 fully saturated rings. The zero-order valence-corrected chi connectivity index (χ0v) is 22.0. The Labute approximate surface area is 235 Å². The summed E-state index contributed by atoms with van der Waals surface area (Å²) in [5.74, 6) is 0.719. The highest BCUT2D eigenvalue weighted by molar-refractivity contribution is 6.30. The molecule has 41 heavy (non-hydrogen) atoms. The average Bonchev–Trinajstić information content (AvgIpc) is 3.44. The molecule has 190 valence electrons. The predicted molar refractivity (Wildman–Crippen MR) is 169 cm³/mol. The first-order valence-electron chi connectivity index (χ1n) is 13.8. The van der Waals surface area contributed by atoms with Gasteiger partial charge >= 0.3 is 0 Å². The summed E-state index contributed by atoms with van der Waals surface area (Å²) in [6.07, 6.45) is 2.10. The molecule has 0 N–H and O–H groups in total. The Morgan fingerprint density at radius 3 is 2.20 bits per heavy atom. The van der Waals surface area contributed by atoms with E-state index >= 15 is 0 Å². The summed E-state index contributed by atoms with van der Waals surface area (Å²) in [4.78, 5) is 15.3. The highest BCUT2D eigenvalue weighted by atomic mass is 15.0. The van der Waals surface area contributed by atoms with E-state index in [0.29, 0.717) is 0 Å². The minimum atomic E-state index is 0.719. The number of rotatable bonds is 2. The molecule has 0 radical (unpaired) electrons. The van der Waals surface area contributed by atoms with Gasteiger partial charge in [-0.1, -0.05) is 103 Å². The third kappa shape index (κ3) is 3.25. The molecule has 0 aliphatic heterocycles. The van der Waals surface area contributed by atoms with Crippen LogP contribution in [0.2, 0.25) is 0 Å². The summed E-state index contributed by atoms with van der Waals surface area (Å²) in [6.45, 7) is 0. The van der Waals surface area contributed by atoms with Gasteiger partial charge in [-0.15, -0.1) is 0 Å². The molecule has 0 saturated carbocycles. The van der Waals surface area contributed by atoms with Gasteiger partial charge in [0, 0.05) is 33.5 Å². The van der Waals surface area contributed by atoms with Gasteiger partial charge in [-0.05, 0) is 45.8 Å². The van der Waals surface area contributed by atoms with Crippen LogP contribution in [0.1, 0.15) is 0 Å². The molecule has 0 unspecified atom stereocenters. The van der Waals surface area contributed by atoms with Crippen molar-refractivity contribution in [3.8, 4) is 22.6 Å². The molecule has 0 aliphatic carbocycles. The van der Waals surface area contributed by atoms with Gasteiger partial charge in [0.05, 0.1) is 22.2 Å². The van der Waals surface area contributed by atoms with Crippen molar-refractivity contribution in [3.63, 3.8) is 0 Å². The van der Waals surface area contributed by atoms with Crippen LogP contribution in [0.25, 0.3) is 82.5 Å². The fourth-order valence-corrected chi connectivity index (χ4v) is 6.32. The maximum absolute atomic E-state index is 5.16. The molecule has 9 rings (SSSR count). The van der Waals surface area contributed by atoms with Crippen LogP contribution in [-0.2, 0) is 0 Å². The topological polar surface area (TPSA) is 43.1 Å². The highest BCUT2D eigenvalue weighted by Gasteiger charge is 2.18. The van der Waals surface area contributed by atoms with Crippen LogP contribution in [-0.4, -0.2) is 19.4 Å². The lowest BCUT2D eigenvalue weighted by atomic mass is 9.93. The third-order valence-electron chi connectivity index (χ3n) is 8.17. The van der Waals surface area contributed by atoms with E-state index < -0.39 is 0 Å². The third-order valence-corrected chi connectivity index (χ3v) is 8.17. The minimum Gasteiger partial charge on any atom is -0.299 e. The van der Waals surface area contributed by atoms with Crippen LogP contribution in [0.4, 0.5) is 0 Å². The lowest BCUT2D eigenvalue weighted by molar-refractivity contribution is 1.23. The van der Waals surface area contributed by atoms with Crippen molar-refractivity contribution in [1.82, 2.24) is 19.4 Å². The lowest BCUT2D eigenvalue weighted by Crippen LogP contribution is -1.95. The number of hydrogen-bond donors (Lipinski definition) is 0. The SMILES string of the molecule is c1ccc(-c2nc(-c3ccc4c(c3)c3c5ccccc5ccc3c3nc5ccccn5c43)nc3ccccc23)cc1. The highest BCUT2D eigenvalue weighted by Crippen LogP contribution is 2.40. The van der Waals surface area contributed by atoms with Crippen LogP contribution in [0, 0.1) is 0 Å². The zero-order chi connectivity index (χ0) is 26.9. The van der Waals surface area contributed by atoms with Crippen molar-refractivity contribution >= 4 is 59.9 Å². The fraction of sp³-hybridized carbons (Fsp3) is 0. The molecule has 0 bridgehead atoms. The number of hydrogen-bond acceptors (Lipinski definition) is 3. The van der Waals surface area contributed by atoms with Gasteiger partial charge in [0.2, 0.25) is 0 Å². The van der Waals surface area contributed by atoms with Crippen molar-refractivity contribution in [1.29, 1.82) is 0 Å². The number of aromatic nitrogens is 4. The maximum atomic E-state index is 5.16. The Morgan fingerprint density at radius 2 is 1.27 bits per heavy atom. The number of imidazole rings is 1. The standard InChI is InChI=1S/C37H22N4/c1-2-11-24(12-3-1)34-28-14-6-7-15-31(28)38-37(40-34)25-18-19-27-30(22-25)33-26-13-5-4-10-23(26)17-20-29(33)35-36(27)41-21-9-8-16-32(41)39-35/h1-22H. The van der Waals surface area contributed by atoms with Crippen LogP contribution in [0.15, 0.2) is 134 Å². The van der Waals surface area contributed by atoms with E-state index in [1.165, 1.54) is 21.5 Å². The number of benzene rings is 6. The van der Waals surface area contributed by atoms with E-state index in [1.807, 2.05) is 24.3 Å². The van der Waals surface area contributed by atoms with Crippen LogP contribution >= 0.6 is 0 Å². The smallest absolute Gasteiger partial charge is 0.160 e. The van der Waals surface area contributed by atoms with E-state index in [1.54, 1.807) is 0 Å². The Kier molecular flexibility index (Phi) is 4.58. The van der Waals surface area contributed by atoms with Crippen molar-refractivity contribution in [2.45, 2.75) is 0 Å². The van der Waals surface area contributed by atoms with Gasteiger partial charge in [0.1, 0.15) is 5.65 Å². The minimum absolute atomic E-state index is 0.719. The molecule has 6 aromatic carbocycles. The Balaban J connectivity index is 1.42. The van der Waals surface area contributed by atoms with Crippen molar-refractivity contribution in [3.05, 3.63) is 134 Å². The van der Waals surface area contributed by atoms with E-state index in [-0.39, 0.29) is 0 Å². The molecule has 9 aromatic rings. The lowest BCUT2D eigenvalue weighted by Gasteiger charge is -2.13. The van der Waals surface area contributed by atoms with E-state index in [2.05, 4.69) is 114 Å². The molecular weight excluding hydrogens is 500 g/mol. The molecule has 0 atom stereocenters. The molecular formula is C37H22N4. The molecule has 0 spiro atoms. The maximum Gasteiger partial charge on any atom is 0.160 e. The first-order valence-corrected chi connectivity index (χ1v) is 13.8. The number of pyridine rings is 1. The van der Waals surface area contributed by atoms with Crippen molar-refractivity contribution in [2.75, 3.05) is 0 Å². The Morgan fingerprint density at radius 1 is 0.488 bits per heavy atom. The van der Waals surface area contributed by atoms with Gasteiger partial charge < -0.3 is 0 Å². The molecule has 0 aliphatic rings. The monoisotopic (exact) mass is 522 g/mol. The van der Waals surface area contributed by atoms with E-state index in [0.717, 1.165) is 61.0 Å². The quantitative estimate of drug-likeness (QED) is 0.213. The normalized spacial score (nSPS) is 11.9.